The van der Waals surface area contributed by atoms with Crippen LogP contribution >= 0.6 is 27.3 Å². The van der Waals surface area contributed by atoms with Crippen molar-refractivity contribution in [3.05, 3.63) is 69.8 Å². The minimum absolute atomic E-state index is 0.147. The number of halogens is 1. The van der Waals surface area contributed by atoms with E-state index in [9.17, 15) is 4.79 Å². The third-order valence-electron chi connectivity index (χ3n) is 4.33. The summed E-state index contributed by atoms with van der Waals surface area (Å²) in [6.07, 6.45) is 2.08. The first-order valence-electron chi connectivity index (χ1n) is 8.63. The highest BCUT2D eigenvalue weighted by molar-refractivity contribution is 9.10. The summed E-state index contributed by atoms with van der Waals surface area (Å²) in [4.78, 5) is 20.0. The second kappa shape index (κ2) is 8.16. The Hall–Kier alpha value is -2.64. The Balaban J connectivity index is 1.42. The SMILES string of the molecule is COc1ccc(Br)cc1-c1nc(COC(=O)Cc2c[nH]c3ccccc23)cs1. The number of hydrogen-bond donors (Lipinski definition) is 1. The molecular formula is C21H17BrN2O3S. The van der Waals surface area contributed by atoms with E-state index in [2.05, 4.69) is 25.9 Å². The third kappa shape index (κ3) is 3.95. The maximum Gasteiger partial charge on any atom is 0.310 e. The Kier molecular flexibility index (Phi) is 5.45. The van der Waals surface area contributed by atoms with Crippen LogP contribution in [0.25, 0.3) is 21.5 Å². The fourth-order valence-corrected chi connectivity index (χ4v) is 4.17. The molecule has 2 aromatic carbocycles. The van der Waals surface area contributed by atoms with Crippen LogP contribution in [-0.2, 0) is 22.6 Å². The van der Waals surface area contributed by atoms with Crippen LogP contribution in [0.4, 0.5) is 0 Å². The van der Waals surface area contributed by atoms with Crippen molar-refractivity contribution in [2.45, 2.75) is 13.0 Å². The molecular weight excluding hydrogens is 440 g/mol. The summed E-state index contributed by atoms with van der Waals surface area (Å²) in [5.74, 6) is 0.472. The molecule has 0 unspecified atom stereocenters. The second-order valence-electron chi connectivity index (χ2n) is 6.19. The molecule has 2 heterocycles. The standard InChI is InChI=1S/C21H17BrN2O3S/c1-26-19-7-6-14(22)9-17(19)21-24-15(12-28-21)11-27-20(25)8-13-10-23-18-5-3-2-4-16(13)18/h2-7,9-10,12,23H,8,11H2,1H3. The van der Waals surface area contributed by atoms with Gasteiger partial charge in [0.25, 0.3) is 0 Å². The molecule has 0 amide bonds. The van der Waals surface area contributed by atoms with Gasteiger partial charge in [-0.15, -0.1) is 11.3 Å². The molecule has 0 atom stereocenters. The molecule has 28 heavy (non-hydrogen) atoms. The van der Waals surface area contributed by atoms with Gasteiger partial charge in [-0.05, 0) is 29.8 Å². The highest BCUT2D eigenvalue weighted by Gasteiger charge is 2.13. The molecule has 0 bridgehead atoms. The lowest BCUT2D eigenvalue weighted by molar-refractivity contribution is -0.144. The van der Waals surface area contributed by atoms with E-state index in [1.54, 1.807) is 7.11 Å². The van der Waals surface area contributed by atoms with Crippen LogP contribution in [0.5, 0.6) is 5.75 Å². The van der Waals surface area contributed by atoms with E-state index >= 15 is 0 Å². The number of para-hydroxylation sites is 1. The minimum Gasteiger partial charge on any atom is -0.496 e. The number of thiazole rings is 1. The summed E-state index contributed by atoms with van der Waals surface area (Å²) in [5.41, 5.74) is 3.56. The largest absolute Gasteiger partial charge is 0.496 e. The zero-order chi connectivity index (χ0) is 19.5. The first-order valence-corrected chi connectivity index (χ1v) is 10.3. The molecule has 0 spiro atoms. The summed E-state index contributed by atoms with van der Waals surface area (Å²) < 4.78 is 11.8. The number of nitrogens with zero attached hydrogens (tertiary/aromatic N) is 1. The molecule has 4 rings (SSSR count). The van der Waals surface area contributed by atoms with E-state index in [4.69, 9.17) is 9.47 Å². The monoisotopic (exact) mass is 456 g/mol. The van der Waals surface area contributed by atoms with Crippen LogP contribution in [0.3, 0.4) is 0 Å². The van der Waals surface area contributed by atoms with Crippen molar-refractivity contribution in [2.24, 2.45) is 0 Å². The predicted octanol–water partition coefficient (Wildman–Crippen LogP) is 5.35. The third-order valence-corrected chi connectivity index (χ3v) is 5.75. The Bertz CT molecular complexity index is 1140. The molecule has 0 aliphatic heterocycles. The van der Waals surface area contributed by atoms with Crippen molar-refractivity contribution >= 4 is 44.1 Å². The molecule has 1 N–H and O–H groups in total. The van der Waals surface area contributed by atoms with Gasteiger partial charge in [0.05, 0.1) is 24.8 Å². The Morgan fingerprint density at radius 3 is 2.96 bits per heavy atom. The molecule has 0 saturated heterocycles. The number of ether oxygens (including phenoxy) is 2. The number of H-pyrrole nitrogens is 1. The lowest BCUT2D eigenvalue weighted by atomic mass is 10.1. The molecule has 0 aliphatic carbocycles. The van der Waals surface area contributed by atoms with Gasteiger partial charge in [-0.25, -0.2) is 4.98 Å². The maximum absolute atomic E-state index is 12.3. The Morgan fingerprint density at radius 1 is 1.25 bits per heavy atom. The molecule has 0 aliphatic rings. The highest BCUT2D eigenvalue weighted by Crippen LogP contribution is 2.34. The van der Waals surface area contributed by atoms with Gasteiger partial charge in [-0.1, -0.05) is 34.1 Å². The average molecular weight is 457 g/mol. The number of benzene rings is 2. The van der Waals surface area contributed by atoms with E-state index in [0.29, 0.717) is 5.69 Å². The fraction of sp³-hybridized carbons (Fsp3) is 0.143. The van der Waals surface area contributed by atoms with E-state index < -0.39 is 0 Å². The summed E-state index contributed by atoms with van der Waals surface area (Å²) in [7, 11) is 1.63. The van der Waals surface area contributed by atoms with Gasteiger partial charge in [-0.3, -0.25) is 4.79 Å². The van der Waals surface area contributed by atoms with Gasteiger partial charge in [0, 0.05) is 27.0 Å². The number of carbonyl (C=O) groups excluding carboxylic acids is 1. The lowest BCUT2D eigenvalue weighted by Crippen LogP contribution is -2.07. The van der Waals surface area contributed by atoms with E-state index in [1.165, 1.54) is 11.3 Å². The van der Waals surface area contributed by atoms with Gasteiger partial charge in [-0.2, -0.15) is 0 Å². The van der Waals surface area contributed by atoms with Crippen molar-refractivity contribution in [2.75, 3.05) is 7.11 Å². The van der Waals surface area contributed by atoms with Crippen LogP contribution < -0.4 is 4.74 Å². The van der Waals surface area contributed by atoms with Crippen molar-refractivity contribution in [3.63, 3.8) is 0 Å². The van der Waals surface area contributed by atoms with Gasteiger partial charge in [0.15, 0.2) is 0 Å². The molecule has 5 nitrogen and oxygen atoms in total. The van der Waals surface area contributed by atoms with Crippen LogP contribution in [-0.4, -0.2) is 23.0 Å². The van der Waals surface area contributed by atoms with Crippen LogP contribution in [0, 0.1) is 0 Å². The number of nitrogens with one attached hydrogen (secondary N) is 1. The van der Waals surface area contributed by atoms with Crippen molar-refractivity contribution in [1.29, 1.82) is 0 Å². The van der Waals surface area contributed by atoms with Crippen molar-refractivity contribution in [3.8, 4) is 16.3 Å². The number of methoxy groups -OCH3 is 1. The quantitative estimate of drug-likeness (QED) is 0.397. The first kappa shape index (κ1) is 18.7. The lowest BCUT2D eigenvalue weighted by Gasteiger charge is -2.06. The number of aromatic amines is 1. The highest BCUT2D eigenvalue weighted by atomic mass is 79.9. The molecule has 2 aromatic heterocycles. The van der Waals surface area contributed by atoms with Gasteiger partial charge in [0.2, 0.25) is 0 Å². The number of carbonyl (C=O) groups is 1. The number of esters is 1. The Morgan fingerprint density at radius 2 is 2.11 bits per heavy atom. The van der Waals surface area contributed by atoms with Gasteiger partial charge in [0.1, 0.15) is 17.4 Å². The van der Waals surface area contributed by atoms with Crippen molar-refractivity contribution in [1.82, 2.24) is 9.97 Å². The smallest absolute Gasteiger partial charge is 0.310 e. The topological polar surface area (TPSA) is 64.2 Å². The number of rotatable bonds is 6. The van der Waals surface area contributed by atoms with E-state index in [-0.39, 0.29) is 19.0 Å². The molecule has 4 aromatic rings. The summed E-state index contributed by atoms with van der Waals surface area (Å²) in [6, 6.07) is 13.7. The summed E-state index contributed by atoms with van der Waals surface area (Å²) >= 11 is 4.97. The molecule has 7 heteroatoms. The Labute approximate surface area is 174 Å². The van der Waals surface area contributed by atoms with Gasteiger partial charge >= 0.3 is 5.97 Å². The van der Waals surface area contributed by atoms with Gasteiger partial charge < -0.3 is 14.5 Å². The molecule has 142 valence electrons. The summed E-state index contributed by atoms with van der Waals surface area (Å²) in [6.45, 7) is 0.147. The van der Waals surface area contributed by atoms with Crippen LogP contribution in [0.15, 0.2) is 58.5 Å². The maximum atomic E-state index is 12.3. The van der Waals surface area contributed by atoms with Crippen molar-refractivity contribution < 1.29 is 14.3 Å². The molecule has 0 radical (unpaired) electrons. The zero-order valence-corrected chi connectivity index (χ0v) is 17.5. The number of aromatic nitrogens is 2. The normalized spacial score (nSPS) is 10.9. The van der Waals surface area contributed by atoms with E-state index in [0.717, 1.165) is 37.3 Å². The first-order chi connectivity index (χ1) is 13.6. The predicted molar refractivity (Wildman–Crippen MR) is 114 cm³/mol. The van der Waals surface area contributed by atoms with Crippen LogP contribution in [0.1, 0.15) is 11.3 Å². The number of hydrogen-bond acceptors (Lipinski definition) is 5. The second-order valence-corrected chi connectivity index (χ2v) is 7.96. The zero-order valence-electron chi connectivity index (χ0n) is 15.1. The minimum atomic E-state index is -0.278. The van der Waals surface area contributed by atoms with Crippen LogP contribution in [0.2, 0.25) is 0 Å². The fourth-order valence-electron chi connectivity index (χ4n) is 2.98. The molecule has 0 saturated carbocycles. The number of fused-ring (bicyclic) bond motifs is 1. The van der Waals surface area contributed by atoms with E-state index in [1.807, 2.05) is 54.0 Å². The summed E-state index contributed by atoms with van der Waals surface area (Å²) in [5, 5.41) is 3.76. The molecule has 0 fully saturated rings. The average Bonchev–Trinajstić information content (AvgIpc) is 3.34.